The molecule has 0 aromatic carbocycles. The molecule has 1 atom stereocenters. The number of hydrogen-bond acceptors (Lipinski definition) is 1. The largest absolute Gasteiger partial charge is 0.387 e. The number of nitrogens with two attached hydrogens (primary N) is 1. The molecule has 0 heterocycles. The fourth-order valence-electron chi connectivity index (χ4n) is 0.615. The summed E-state index contributed by atoms with van der Waals surface area (Å²) in [5.41, 5.74) is 5.65. The third-order valence-electron chi connectivity index (χ3n) is 1.67. The van der Waals surface area contributed by atoms with E-state index in [1.165, 1.54) is 0 Å². The second-order valence-corrected chi connectivity index (χ2v) is 2.57. The first-order valence-electron chi connectivity index (χ1n) is 3.95. The first-order valence-corrected chi connectivity index (χ1v) is 3.95. The molecule has 0 amide bonds. The maximum atomic E-state index is 5.65. The first kappa shape index (κ1) is 10.0. The van der Waals surface area contributed by atoms with Crippen molar-refractivity contribution >= 4 is 5.84 Å². The van der Waals surface area contributed by atoms with Crippen LogP contribution >= 0.6 is 0 Å². The van der Waals surface area contributed by atoms with E-state index < -0.39 is 0 Å². The van der Waals surface area contributed by atoms with Crippen LogP contribution in [0.25, 0.3) is 0 Å². The first-order chi connectivity index (χ1) is 5.22. The molecule has 0 aliphatic heterocycles. The lowest BCUT2D eigenvalue weighted by Crippen LogP contribution is -2.21. The van der Waals surface area contributed by atoms with Crippen molar-refractivity contribution in [2.45, 2.75) is 26.7 Å². The van der Waals surface area contributed by atoms with Crippen LogP contribution in [0.4, 0.5) is 0 Å². The van der Waals surface area contributed by atoms with Gasteiger partial charge in [-0.05, 0) is 6.42 Å². The highest BCUT2D eigenvalue weighted by molar-refractivity contribution is 5.82. The zero-order chi connectivity index (χ0) is 8.69. The maximum Gasteiger partial charge on any atom is 0.0965 e. The Morgan fingerprint density at radius 3 is 2.82 bits per heavy atom. The number of hydrogen-bond donors (Lipinski definition) is 1. The molecule has 2 N–H and O–H groups in total. The van der Waals surface area contributed by atoms with Crippen LogP contribution in [0.15, 0.2) is 4.99 Å². The van der Waals surface area contributed by atoms with E-state index in [9.17, 15) is 0 Å². The van der Waals surface area contributed by atoms with Gasteiger partial charge in [0, 0.05) is 12.3 Å². The van der Waals surface area contributed by atoms with Crippen molar-refractivity contribution in [3.63, 3.8) is 0 Å². The summed E-state index contributed by atoms with van der Waals surface area (Å²) >= 11 is 0. The molecule has 0 aromatic rings. The Morgan fingerprint density at radius 2 is 2.36 bits per heavy atom. The lowest BCUT2D eigenvalue weighted by molar-refractivity contribution is 0.726. The summed E-state index contributed by atoms with van der Waals surface area (Å²) < 4.78 is 0. The molecular formula is C9H16N2. The average Bonchev–Trinajstić information content (AvgIpc) is 2.03. The van der Waals surface area contributed by atoms with E-state index in [1.807, 2.05) is 0 Å². The van der Waals surface area contributed by atoms with Gasteiger partial charge in [0.2, 0.25) is 0 Å². The maximum absolute atomic E-state index is 5.65. The van der Waals surface area contributed by atoms with Crippen LogP contribution in [0.3, 0.4) is 0 Å². The third-order valence-corrected chi connectivity index (χ3v) is 1.67. The zero-order valence-corrected chi connectivity index (χ0v) is 7.30. The van der Waals surface area contributed by atoms with E-state index in [2.05, 4.69) is 24.8 Å². The Labute approximate surface area is 68.9 Å². The molecule has 0 aliphatic rings. The molecular weight excluding hydrogens is 136 g/mol. The van der Waals surface area contributed by atoms with Crippen LogP contribution in [-0.2, 0) is 0 Å². The van der Waals surface area contributed by atoms with Gasteiger partial charge in [0.25, 0.3) is 0 Å². The van der Waals surface area contributed by atoms with Gasteiger partial charge in [-0.3, -0.25) is 4.99 Å². The van der Waals surface area contributed by atoms with E-state index in [1.54, 1.807) is 0 Å². The molecule has 2 heteroatoms. The molecule has 0 aliphatic carbocycles. The second kappa shape index (κ2) is 5.79. The highest BCUT2D eigenvalue weighted by atomic mass is 14.9. The van der Waals surface area contributed by atoms with Gasteiger partial charge in [0.05, 0.1) is 12.4 Å². The summed E-state index contributed by atoms with van der Waals surface area (Å²) in [6.07, 6.45) is 6.77. The van der Waals surface area contributed by atoms with E-state index in [4.69, 9.17) is 12.2 Å². The van der Waals surface area contributed by atoms with Gasteiger partial charge in [-0.2, -0.15) is 0 Å². The molecule has 0 radical (unpaired) electrons. The van der Waals surface area contributed by atoms with Crippen LogP contribution in [-0.4, -0.2) is 12.4 Å². The predicted molar refractivity (Wildman–Crippen MR) is 49.4 cm³/mol. The average molecular weight is 152 g/mol. The summed E-state index contributed by atoms with van der Waals surface area (Å²) in [5, 5.41) is 0. The molecule has 11 heavy (non-hydrogen) atoms. The molecule has 62 valence electrons. The lowest BCUT2D eigenvalue weighted by atomic mass is 10.1. The van der Waals surface area contributed by atoms with Crippen LogP contribution in [0, 0.1) is 18.3 Å². The van der Waals surface area contributed by atoms with Crippen molar-refractivity contribution in [3.05, 3.63) is 0 Å². The quantitative estimate of drug-likeness (QED) is 0.281. The zero-order valence-electron chi connectivity index (χ0n) is 7.30. The standard InChI is InChI=1S/C9H16N2/c1-4-6-7-11-9(10)8(3)5-2/h1,8H,5-7H2,2-3H3,(H2,10,11). The number of amidine groups is 1. The summed E-state index contributed by atoms with van der Waals surface area (Å²) in [4.78, 5) is 4.14. The van der Waals surface area contributed by atoms with Crippen molar-refractivity contribution in [2.24, 2.45) is 16.6 Å². The van der Waals surface area contributed by atoms with Crippen molar-refractivity contribution in [2.75, 3.05) is 6.54 Å². The van der Waals surface area contributed by atoms with Crippen LogP contribution < -0.4 is 5.73 Å². The monoisotopic (exact) mass is 152 g/mol. The molecule has 0 rings (SSSR count). The number of aliphatic imine (C=N–C) groups is 1. The third kappa shape index (κ3) is 4.44. The molecule has 0 spiro atoms. The van der Waals surface area contributed by atoms with E-state index in [0.29, 0.717) is 18.9 Å². The van der Waals surface area contributed by atoms with Gasteiger partial charge in [0.15, 0.2) is 0 Å². The number of terminal acetylenes is 1. The van der Waals surface area contributed by atoms with Gasteiger partial charge in [-0.15, -0.1) is 12.3 Å². The van der Waals surface area contributed by atoms with Gasteiger partial charge >= 0.3 is 0 Å². The van der Waals surface area contributed by atoms with E-state index in [0.717, 1.165) is 12.3 Å². The van der Waals surface area contributed by atoms with Crippen LogP contribution in [0.2, 0.25) is 0 Å². The predicted octanol–water partition coefficient (Wildman–Crippen LogP) is 1.41. The van der Waals surface area contributed by atoms with E-state index >= 15 is 0 Å². The Balaban J connectivity index is 3.72. The van der Waals surface area contributed by atoms with Crippen molar-refractivity contribution in [1.29, 1.82) is 0 Å². The Kier molecular flexibility index (Phi) is 5.28. The fourth-order valence-corrected chi connectivity index (χ4v) is 0.615. The molecule has 0 bridgehead atoms. The van der Waals surface area contributed by atoms with Crippen molar-refractivity contribution in [3.8, 4) is 12.3 Å². The summed E-state index contributed by atoms with van der Waals surface area (Å²) in [5.74, 6) is 3.62. The van der Waals surface area contributed by atoms with Crippen molar-refractivity contribution in [1.82, 2.24) is 0 Å². The van der Waals surface area contributed by atoms with Gasteiger partial charge < -0.3 is 5.73 Å². The minimum atomic E-state index is 0.382. The Bertz CT molecular complexity index is 165. The smallest absolute Gasteiger partial charge is 0.0965 e. The highest BCUT2D eigenvalue weighted by Crippen LogP contribution is 1.99. The minimum Gasteiger partial charge on any atom is -0.387 e. The Morgan fingerprint density at radius 1 is 1.73 bits per heavy atom. The van der Waals surface area contributed by atoms with Crippen LogP contribution in [0.1, 0.15) is 26.7 Å². The molecule has 0 saturated carbocycles. The number of rotatable bonds is 4. The molecule has 1 unspecified atom stereocenters. The highest BCUT2D eigenvalue weighted by Gasteiger charge is 2.01. The SMILES string of the molecule is C#CCCN=C(N)C(C)CC. The number of nitrogens with zero attached hydrogens (tertiary/aromatic N) is 1. The molecule has 2 nitrogen and oxygen atoms in total. The summed E-state index contributed by atoms with van der Waals surface area (Å²) in [7, 11) is 0. The van der Waals surface area contributed by atoms with Gasteiger partial charge in [0.1, 0.15) is 0 Å². The van der Waals surface area contributed by atoms with Crippen molar-refractivity contribution < 1.29 is 0 Å². The lowest BCUT2D eigenvalue weighted by Gasteiger charge is -2.06. The Hall–Kier alpha value is -0.970. The van der Waals surface area contributed by atoms with Crippen LogP contribution in [0.5, 0.6) is 0 Å². The molecule has 0 fully saturated rings. The fraction of sp³-hybridized carbons (Fsp3) is 0.667. The molecule has 0 aromatic heterocycles. The normalized spacial score (nSPS) is 14.1. The molecule has 0 saturated heterocycles. The topological polar surface area (TPSA) is 38.4 Å². The summed E-state index contributed by atoms with van der Waals surface area (Å²) in [6, 6.07) is 0. The summed E-state index contributed by atoms with van der Waals surface area (Å²) in [6.45, 7) is 4.82. The second-order valence-electron chi connectivity index (χ2n) is 2.57. The van der Waals surface area contributed by atoms with E-state index in [-0.39, 0.29) is 0 Å². The minimum absolute atomic E-state index is 0.382. The van der Waals surface area contributed by atoms with Gasteiger partial charge in [-0.25, -0.2) is 0 Å². The van der Waals surface area contributed by atoms with Gasteiger partial charge in [-0.1, -0.05) is 13.8 Å².